The van der Waals surface area contributed by atoms with Crippen LogP contribution in [0.15, 0.2) is 30.7 Å². The van der Waals surface area contributed by atoms with Crippen molar-refractivity contribution in [2.45, 2.75) is 39.0 Å². The van der Waals surface area contributed by atoms with Gasteiger partial charge in [0.15, 0.2) is 5.65 Å². The number of piperidine rings is 1. The van der Waals surface area contributed by atoms with Crippen LogP contribution in [0, 0.1) is 5.92 Å². The van der Waals surface area contributed by atoms with Crippen LogP contribution in [0.4, 0.5) is 0 Å². The first-order valence-corrected chi connectivity index (χ1v) is 10.1. The maximum absolute atomic E-state index is 12.5. The Kier molecular flexibility index (Phi) is 5.02. The van der Waals surface area contributed by atoms with E-state index in [1.807, 2.05) is 30.3 Å². The summed E-state index contributed by atoms with van der Waals surface area (Å²) >= 11 is 0. The second-order valence-electron chi connectivity index (χ2n) is 8.80. The van der Waals surface area contributed by atoms with Crippen LogP contribution >= 0.6 is 0 Å². The van der Waals surface area contributed by atoms with Gasteiger partial charge in [0.1, 0.15) is 0 Å². The number of aryl methyl sites for hydroxylation is 1. The van der Waals surface area contributed by atoms with E-state index in [-0.39, 0.29) is 11.3 Å². The molecule has 8 nitrogen and oxygen atoms in total. The molecule has 1 aliphatic rings. The smallest absolute Gasteiger partial charge is 0.257 e. The van der Waals surface area contributed by atoms with Crippen LogP contribution in [0.2, 0.25) is 0 Å². The second kappa shape index (κ2) is 7.50. The molecule has 0 atom stereocenters. The van der Waals surface area contributed by atoms with Gasteiger partial charge in [-0.15, -0.1) is 5.10 Å². The number of fused-ring (bicyclic) bond motifs is 1. The third-order valence-electron chi connectivity index (χ3n) is 5.38. The normalized spacial score (nSPS) is 15.8. The maximum atomic E-state index is 12.5. The molecule has 0 radical (unpaired) electrons. The van der Waals surface area contributed by atoms with E-state index in [1.54, 1.807) is 21.6 Å². The summed E-state index contributed by atoms with van der Waals surface area (Å²) in [5.74, 6) is 1.07. The molecule has 0 N–H and O–H groups in total. The summed E-state index contributed by atoms with van der Waals surface area (Å²) in [7, 11) is 1.82. The number of hydrogen-bond donors (Lipinski definition) is 0. The lowest BCUT2D eigenvalue weighted by Crippen LogP contribution is -2.39. The number of amides is 1. The summed E-state index contributed by atoms with van der Waals surface area (Å²) in [6, 6.07) is 3.81. The quantitative estimate of drug-likeness (QED) is 0.678. The number of ether oxygens (including phenoxy) is 1. The largest absolute Gasteiger partial charge is 0.476 e. The third-order valence-corrected chi connectivity index (χ3v) is 5.38. The molecule has 29 heavy (non-hydrogen) atoms. The van der Waals surface area contributed by atoms with Crippen molar-refractivity contribution in [1.29, 1.82) is 0 Å². The van der Waals surface area contributed by atoms with Crippen LogP contribution in [0.3, 0.4) is 0 Å². The van der Waals surface area contributed by atoms with Crippen LogP contribution < -0.4 is 4.74 Å². The molecule has 4 heterocycles. The predicted octanol–water partition coefficient (Wildman–Crippen LogP) is 2.69. The maximum Gasteiger partial charge on any atom is 0.257 e. The van der Waals surface area contributed by atoms with E-state index in [2.05, 4.69) is 36.0 Å². The van der Waals surface area contributed by atoms with Crippen molar-refractivity contribution in [1.82, 2.24) is 29.3 Å². The molecule has 1 saturated heterocycles. The molecule has 1 fully saturated rings. The predicted molar refractivity (Wildman–Crippen MR) is 109 cm³/mol. The summed E-state index contributed by atoms with van der Waals surface area (Å²) in [5, 5.41) is 8.62. The topological polar surface area (TPSA) is 77.5 Å². The molecule has 3 aromatic heterocycles. The highest BCUT2D eigenvalue weighted by atomic mass is 16.5. The van der Waals surface area contributed by atoms with Gasteiger partial charge in [-0.2, -0.15) is 5.10 Å². The van der Waals surface area contributed by atoms with Gasteiger partial charge in [-0.3, -0.25) is 9.48 Å². The van der Waals surface area contributed by atoms with E-state index in [4.69, 9.17) is 4.74 Å². The average molecular weight is 396 g/mol. The fraction of sp³-hybridized carbons (Fsp3) is 0.524. The second-order valence-corrected chi connectivity index (χ2v) is 8.80. The zero-order chi connectivity index (χ0) is 20.6. The Morgan fingerprint density at radius 2 is 1.97 bits per heavy atom. The minimum Gasteiger partial charge on any atom is -0.476 e. The zero-order valence-corrected chi connectivity index (χ0v) is 17.5. The van der Waals surface area contributed by atoms with Crippen LogP contribution in [-0.2, 0) is 12.5 Å². The molecule has 0 saturated carbocycles. The lowest BCUT2D eigenvalue weighted by molar-refractivity contribution is 0.0659. The van der Waals surface area contributed by atoms with E-state index in [1.165, 1.54) is 0 Å². The summed E-state index contributed by atoms with van der Waals surface area (Å²) < 4.78 is 9.39. The Labute approximate surface area is 170 Å². The van der Waals surface area contributed by atoms with Gasteiger partial charge >= 0.3 is 0 Å². The van der Waals surface area contributed by atoms with Crippen molar-refractivity contribution in [3.05, 3.63) is 42.0 Å². The zero-order valence-electron chi connectivity index (χ0n) is 17.5. The lowest BCUT2D eigenvalue weighted by atomic mass is 9.93. The minimum absolute atomic E-state index is 0.0179. The molecule has 3 aromatic rings. The Morgan fingerprint density at radius 1 is 1.21 bits per heavy atom. The van der Waals surface area contributed by atoms with Gasteiger partial charge in [-0.1, -0.05) is 20.8 Å². The fourth-order valence-electron chi connectivity index (χ4n) is 3.52. The highest BCUT2D eigenvalue weighted by Crippen LogP contribution is 2.23. The van der Waals surface area contributed by atoms with Gasteiger partial charge in [0.2, 0.25) is 5.88 Å². The molecule has 0 aromatic carbocycles. The van der Waals surface area contributed by atoms with Crippen molar-refractivity contribution in [3.8, 4) is 5.88 Å². The van der Waals surface area contributed by atoms with E-state index < -0.39 is 0 Å². The Morgan fingerprint density at radius 3 is 2.62 bits per heavy atom. The number of carbonyl (C=O) groups excluding carboxylic acids is 1. The van der Waals surface area contributed by atoms with Crippen LogP contribution in [-0.4, -0.2) is 54.9 Å². The molecule has 154 valence electrons. The van der Waals surface area contributed by atoms with Crippen molar-refractivity contribution in [3.63, 3.8) is 0 Å². The fourth-order valence-corrected chi connectivity index (χ4v) is 3.52. The first kappa shape index (κ1) is 19.4. The monoisotopic (exact) mass is 396 g/mol. The summed E-state index contributed by atoms with van der Waals surface area (Å²) in [6.45, 7) is 8.50. The first-order valence-electron chi connectivity index (χ1n) is 10.1. The highest BCUT2D eigenvalue weighted by Gasteiger charge is 2.25. The standard InChI is InChI=1S/C21H28N6O2/c1-21(2,3)17-13-27-18(23-17)5-6-19(24-27)29-14-15-7-9-26(10-8-15)20(28)16-11-22-25(4)12-16/h5-6,11-13,15H,7-10,14H2,1-4H3. The van der Waals surface area contributed by atoms with Gasteiger partial charge in [-0.25, -0.2) is 9.50 Å². The molecule has 0 bridgehead atoms. The number of imidazole rings is 1. The van der Waals surface area contributed by atoms with Crippen LogP contribution in [0.1, 0.15) is 49.7 Å². The number of aromatic nitrogens is 5. The SMILES string of the molecule is Cn1cc(C(=O)N2CCC(COc3ccc4nc(C(C)(C)C)cn4n3)CC2)cn1. The first-order chi connectivity index (χ1) is 13.8. The summed E-state index contributed by atoms with van der Waals surface area (Å²) in [4.78, 5) is 19.0. The molecule has 0 unspecified atom stereocenters. The summed E-state index contributed by atoms with van der Waals surface area (Å²) in [6.07, 6.45) is 7.20. The van der Waals surface area contributed by atoms with Gasteiger partial charge < -0.3 is 9.64 Å². The third kappa shape index (κ3) is 4.26. The molecular formula is C21H28N6O2. The Balaban J connectivity index is 1.31. The molecule has 1 aliphatic heterocycles. The van der Waals surface area contributed by atoms with Gasteiger partial charge in [0.25, 0.3) is 5.91 Å². The van der Waals surface area contributed by atoms with Gasteiger partial charge in [0.05, 0.1) is 30.3 Å². The van der Waals surface area contributed by atoms with Gasteiger partial charge in [0, 0.05) is 37.8 Å². The molecule has 8 heteroatoms. The van der Waals surface area contributed by atoms with E-state index in [0.29, 0.717) is 24.0 Å². The van der Waals surface area contributed by atoms with Crippen molar-refractivity contribution >= 4 is 11.6 Å². The summed E-state index contributed by atoms with van der Waals surface area (Å²) in [5.41, 5.74) is 2.46. The van der Waals surface area contributed by atoms with Crippen molar-refractivity contribution < 1.29 is 9.53 Å². The Hall–Kier alpha value is -2.90. The average Bonchev–Trinajstić information content (AvgIpc) is 3.32. The van der Waals surface area contributed by atoms with Crippen LogP contribution in [0.25, 0.3) is 5.65 Å². The Bertz CT molecular complexity index is 1010. The highest BCUT2D eigenvalue weighted by molar-refractivity contribution is 5.93. The molecule has 0 aliphatic carbocycles. The van der Waals surface area contributed by atoms with E-state index in [0.717, 1.165) is 37.3 Å². The van der Waals surface area contributed by atoms with Gasteiger partial charge in [-0.05, 0) is 24.8 Å². The van der Waals surface area contributed by atoms with Crippen LogP contribution in [0.5, 0.6) is 5.88 Å². The minimum atomic E-state index is -0.0179. The molecule has 4 rings (SSSR count). The molecular weight excluding hydrogens is 368 g/mol. The molecule has 0 spiro atoms. The van der Waals surface area contributed by atoms with E-state index in [9.17, 15) is 4.79 Å². The number of hydrogen-bond acceptors (Lipinski definition) is 5. The molecule has 1 amide bonds. The number of carbonyl (C=O) groups is 1. The number of likely N-dealkylation sites (tertiary alicyclic amines) is 1. The number of rotatable bonds is 4. The van der Waals surface area contributed by atoms with E-state index >= 15 is 0 Å². The van der Waals surface area contributed by atoms with Crippen molar-refractivity contribution in [2.24, 2.45) is 13.0 Å². The lowest BCUT2D eigenvalue weighted by Gasteiger charge is -2.31. The number of nitrogens with zero attached hydrogens (tertiary/aromatic N) is 6. The van der Waals surface area contributed by atoms with Crippen molar-refractivity contribution in [2.75, 3.05) is 19.7 Å².